The van der Waals surface area contributed by atoms with E-state index in [1.807, 2.05) is 36.1 Å². The van der Waals surface area contributed by atoms with Gasteiger partial charge in [-0.2, -0.15) is 0 Å². The van der Waals surface area contributed by atoms with Gasteiger partial charge in [-0.3, -0.25) is 9.59 Å². The van der Waals surface area contributed by atoms with Crippen molar-refractivity contribution in [3.05, 3.63) is 35.4 Å². The lowest BCUT2D eigenvalue weighted by atomic mass is 9.93. The largest absolute Gasteiger partial charge is 0.355 e. The van der Waals surface area contributed by atoms with E-state index in [1.165, 1.54) is 32.4 Å². The van der Waals surface area contributed by atoms with Crippen molar-refractivity contribution in [1.82, 2.24) is 15.1 Å². The van der Waals surface area contributed by atoms with E-state index >= 15 is 0 Å². The Kier molecular flexibility index (Phi) is 7.27. The summed E-state index contributed by atoms with van der Waals surface area (Å²) in [5.41, 5.74) is 1.92. The van der Waals surface area contributed by atoms with E-state index in [1.54, 1.807) is 0 Å². The molecule has 2 heterocycles. The van der Waals surface area contributed by atoms with E-state index in [0.717, 1.165) is 50.1 Å². The van der Waals surface area contributed by atoms with E-state index in [2.05, 4.69) is 10.2 Å². The Labute approximate surface area is 163 Å². The molecule has 0 radical (unpaired) electrons. The molecule has 2 aliphatic rings. The highest BCUT2D eigenvalue weighted by molar-refractivity contribution is 5.94. The molecular weight excluding hydrogens is 338 g/mol. The lowest BCUT2D eigenvalue weighted by molar-refractivity contribution is -0.122. The topological polar surface area (TPSA) is 52.7 Å². The van der Waals surface area contributed by atoms with Gasteiger partial charge in [-0.15, -0.1) is 0 Å². The molecular formula is C22H33N3O2. The van der Waals surface area contributed by atoms with E-state index in [9.17, 15) is 9.59 Å². The first kappa shape index (κ1) is 19.9. The summed E-state index contributed by atoms with van der Waals surface area (Å²) in [6, 6.07) is 7.77. The Hall–Kier alpha value is -1.88. The first-order chi connectivity index (χ1) is 13.1. The normalized spacial score (nSPS) is 19.1. The molecule has 1 N–H and O–H groups in total. The third-order valence-electron chi connectivity index (χ3n) is 5.87. The molecule has 2 saturated heterocycles. The van der Waals surface area contributed by atoms with Gasteiger partial charge in [-0.1, -0.05) is 24.1 Å². The average molecular weight is 372 g/mol. The van der Waals surface area contributed by atoms with E-state index in [4.69, 9.17) is 0 Å². The predicted octanol–water partition coefficient (Wildman–Crippen LogP) is 2.84. The molecule has 5 nitrogen and oxygen atoms in total. The van der Waals surface area contributed by atoms with Crippen LogP contribution in [0.3, 0.4) is 0 Å². The molecule has 0 aromatic heterocycles. The highest BCUT2D eigenvalue weighted by Gasteiger charge is 2.25. The SMILES string of the molecule is Cc1ccc(C(=O)N2CCC(CC(=O)NCCN3CCCCC3)CC2)cc1. The zero-order valence-corrected chi connectivity index (χ0v) is 16.6. The predicted molar refractivity (Wildman–Crippen MR) is 108 cm³/mol. The summed E-state index contributed by atoms with van der Waals surface area (Å²) in [5.74, 6) is 0.664. The Morgan fingerprint density at radius 1 is 1.00 bits per heavy atom. The molecule has 2 amide bonds. The monoisotopic (exact) mass is 371 g/mol. The fourth-order valence-corrected chi connectivity index (χ4v) is 4.09. The molecule has 0 bridgehead atoms. The van der Waals surface area contributed by atoms with E-state index < -0.39 is 0 Å². The van der Waals surface area contributed by atoms with Crippen LogP contribution in [-0.2, 0) is 4.79 Å². The van der Waals surface area contributed by atoms with Gasteiger partial charge in [0.2, 0.25) is 5.91 Å². The molecule has 0 saturated carbocycles. The molecule has 148 valence electrons. The number of likely N-dealkylation sites (tertiary alicyclic amines) is 2. The van der Waals surface area contributed by atoms with Gasteiger partial charge >= 0.3 is 0 Å². The van der Waals surface area contributed by atoms with Crippen LogP contribution in [0.25, 0.3) is 0 Å². The summed E-state index contributed by atoms with van der Waals surface area (Å²) >= 11 is 0. The first-order valence-electron chi connectivity index (χ1n) is 10.5. The smallest absolute Gasteiger partial charge is 0.253 e. The number of piperidine rings is 2. The maximum absolute atomic E-state index is 12.6. The summed E-state index contributed by atoms with van der Waals surface area (Å²) in [6.07, 6.45) is 6.33. The van der Waals surface area contributed by atoms with Crippen LogP contribution in [0.1, 0.15) is 54.4 Å². The maximum atomic E-state index is 12.6. The van der Waals surface area contributed by atoms with E-state index in [0.29, 0.717) is 12.3 Å². The first-order valence-corrected chi connectivity index (χ1v) is 10.5. The minimum Gasteiger partial charge on any atom is -0.355 e. The molecule has 5 heteroatoms. The van der Waals surface area contributed by atoms with Gasteiger partial charge in [0.05, 0.1) is 0 Å². The summed E-state index contributed by atoms with van der Waals surface area (Å²) in [6.45, 7) is 7.58. The quantitative estimate of drug-likeness (QED) is 0.837. The van der Waals surface area contributed by atoms with Crippen molar-refractivity contribution in [2.75, 3.05) is 39.3 Å². The van der Waals surface area contributed by atoms with Gasteiger partial charge in [0.25, 0.3) is 5.91 Å². The summed E-state index contributed by atoms with van der Waals surface area (Å²) in [7, 11) is 0. The van der Waals surface area contributed by atoms with Crippen LogP contribution in [0.5, 0.6) is 0 Å². The third-order valence-corrected chi connectivity index (χ3v) is 5.87. The van der Waals surface area contributed by atoms with Crippen LogP contribution >= 0.6 is 0 Å². The number of amides is 2. The van der Waals surface area contributed by atoms with Crippen LogP contribution < -0.4 is 5.32 Å². The zero-order chi connectivity index (χ0) is 19.1. The van der Waals surface area contributed by atoms with Gasteiger partial charge in [0.1, 0.15) is 0 Å². The van der Waals surface area contributed by atoms with Crippen molar-refractivity contribution in [3.8, 4) is 0 Å². The molecule has 0 aliphatic carbocycles. The third kappa shape index (κ3) is 6.06. The minimum absolute atomic E-state index is 0.111. The van der Waals surface area contributed by atoms with Crippen molar-refractivity contribution in [2.24, 2.45) is 5.92 Å². The number of carbonyl (C=O) groups is 2. The summed E-state index contributed by atoms with van der Waals surface area (Å²) < 4.78 is 0. The summed E-state index contributed by atoms with van der Waals surface area (Å²) in [4.78, 5) is 29.2. The molecule has 0 atom stereocenters. The number of hydrogen-bond acceptors (Lipinski definition) is 3. The number of rotatable bonds is 6. The number of hydrogen-bond donors (Lipinski definition) is 1. The van der Waals surface area contributed by atoms with Crippen molar-refractivity contribution < 1.29 is 9.59 Å². The zero-order valence-electron chi connectivity index (χ0n) is 16.6. The minimum atomic E-state index is 0.111. The highest BCUT2D eigenvalue weighted by Crippen LogP contribution is 2.22. The highest BCUT2D eigenvalue weighted by atomic mass is 16.2. The molecule has 0 unspecified atom stereocenters. The van der Waals surface area contributed by atoms with Crippen LogP contribution in [0.15, 0.2) is 24.3 Å². The second kappa shape index (κ2) is 9.88. The van der Waals surface area contributed by atoms with Crippen LogP contribution in [0, 0.1) is 12.8 Å². The van der Waals surface area contributed by atoms with Gasteiger partial charge in [0, 0.05) is 38.2 Å². The molecule has 2 fully saturated rings. The molecule has 1 aromatic rings. The van der Waals surface area contributed by atoms with E-state index in [-0.39, 0.29) is 11.8 Å². The van der Waals surface area contributed by atoms with Gasteiger partial charge in [-0.05, 0) is 63.7 Å². The van der Waals surface area contributed by atoms with Crippen molar-refractivity contribution in [3.63, 3.8) is 0 Å². The number of benzene rings is 1. The van der Waals surface area contributed by atoms with Crippen molar-refractivity contribution in [2.45, 2.75) is 45.4 Å². The Balaban J connectivity index is 1.34. The standard InChI is InChI=1S/C22H33N3O2/c1-18-5-7-20(8-6-18)22(27)25-14-9-19(10-15-25)17-21(26)23-11-16-24-12-3-2-4-13-24/h5-8,19H,2-4,9-17H2,1H3,(H,23,26). The lowest BCUT2D eigenvalue weighted by Gasteiger charge is -2.32. The molecule has 27 heavy (non-hydrogen) atoms. The molecule has 3 rings (SSSR count). The number of nitrogens with one attached hydrogen (secondary N) is 1. The van der Waals surface area contributed by atoms with Gasteiger partial charge in [0.15, 0.2) is 0 Å². The number of aryl methyl sites for hydroxylation is 1. The fourth-order valence-electron chi connectivity index (χ4n) is 4.09. The van der Waals surface area contributed by atoms with Crippen LogP contribution in [-0.4, -0.2) is 60.9 Å². The second-order valence-electron chi connectivity index (χ2n) is 8.06. The Morgan fingerprint density at radius 3 is 2.33 bits per heavy atom. The van der Waals surface area contributed by atoms with Crippen LogP contribution in [0.4, 0.5) is 0 Å². The van der Waals surface area contributed by atoms with Gasteiger partial charge in [-0.25, -0.2) is 0 Å². The molecule has 2 aliphatic heterocycles. The summed E-state index contributed by atoms with van der Waals surface area (Å²) in [5, 5.41) is 3.08. The average Bonchev–Trinajstić information content (AvgIpc) is 2.69. The Morgan fingerprint density at radius 2 is 1.67 bits per heavy atom. The van der Waals surface area contributed by atoms with Crippen molar-refractivity contribution in [1.29, 1.82) is 0 Å². The second-order valence-corrected chi connectivity index (χ2v) is 8.06. The number of nitrogens with zero attached hydrogens (tertiary/aromatic N) is 2. The maximum Gasteiger partial charge on any atom is 0.253 e. The number of carbonyl (C=O) groups excluding carboxylic acids is 2. The molecule has 0 spiro atoms. The van der Waals surface area contributed by atoms with Crippen LogP contribution in [0.2, 0.25) is 0 Å². The lowest BCUT2D eigenvalue weighted by Crippen LogP contribution is -2.41. The van der Waals surface area contributed by atoms with Gasteiger partial charge < -0.3 is 15.1 Å². The van der Waals surface area contributed by atoms with Crippen molar-refractivity contribution >= 4 is 11.8 Å². The molecule has 1 aromatic carbocycles. The fraction of sp³-hybridized carbons (Fsp3) is 0.636. The Bertz CT molecular complexity index is 615.